The third-order valence-electron chi connectivity index (χ3n) is 5.66. The summed E-state index contributed by atoms with van der Waals surface area (Å²) in [5.74, 6) is -2.22. The number of carboxylic acids is 1. The van der Waals surface area contributed by atoms with Crippen LogP contribution < -0.4 is 10.6 Å². The number of rotatable bonds is 7. The molecule has 0 spiro atoms. The van der Waals surface area contributed by atoms with Crippen LogP contribution in [0.2, 0.25) is 0 Å². The molecule has 4 rings (SSSR count). The summed E-state index contributed by atoms with van der Waals surface area (Å²) in [5, 5.41) is 14.6. The van der Waals surface area contributed by atoms with Crippen molar-refractivity contribution in [1.29, 1.82) is 0 Å². The fraction of sp³-hybridized carbons (Fsp3) is 0.250. The van der Waals surface area contributed by atoms with Gasteiger partial charge in [0.15, 0.2) is 0 Å². The fourth-order valence-electron chi connectivity index (χ4n) is 3.92. The van der Waals surface area contributed by atoms with Crippen molar-refractivity contribution in [3.05, 3.63) is 70.9 Å². The predicted molar refractivity (Wildman–Crippen MR) is 125 cm³/mol. The van der Waals surface area contributed by atoms with Gasteiger partial charge in [-0.2, -0.15) is 4.37 Å². The minimum Gasteiger partial charge on any atom is -0.478 e. The average molecular weight is 466 g/mol. The van der Waals surface area contributed by atoms with Crippen LogP contribution in [0.4, 0.5) is 9.80 Å². The molecular formula is C24H23N3O5S. The van der Waals surface area contributed by atoms with E-state index in [0.717, 1.165) is 33.8 Å². The molecule has 1 aliphatic rings. The number of aromatic carboxylic acids is 1. The summed E-state index contributed by atoms with van der Waals surface area (Å²) < 4.78 is 9.45. The number of fused-ring (bicyclic) bond motifs is 3. The van der Waals surface area contributed by atoms with Gasteiger partial charge in [-0.3, -0.25) is 4.79 Å². The second-order valence-electron chi connectivity index (χ2n) is 7.87. The number of alkyl carbamates (subject to hydrolysis) is 1. The second-order valence-corrected chi connectivity index (χ2v) is 8.65. The molecule has 2 amide bonds. The first kappa shape index (κ1) is 22.5. The Hall–Kier alpha value is -3.72. The number of ether oxygens (including phenoxy) is 1. The van der Waals surface area contributed by atoms with Crippen molar-refractivity contribution in [2.24, 2.45) is 5.92 Å². The monoisotopic (exact) mass is 465 g/mol. The van der Waals surface area contributed by atoms with E-state index >= 15 is 0 Å². The number of hydrogen-bond acceptors (Lipinski definition) is 6. The van der Waals surface area contributed by atoms with Crippen LogP contribution in [0.5, 0.6) is 0 Å². The Kier molecular flexibility index (Phi) is 6.41. The fourth-order valence-corrected chi connectivity index (χ4v) is 4.71. The lowest BCUT2D eigenvalue weighted by Crippen LogP contribution is -2.35. The Morgan fingerprint density at radius 2 is 1.70 bits per heavy atom. The molecule has 0 bridgehead atoms. The minimum absolute atomic E-state index is 0.0231. The van der Waals surface area contributed by atoms with E-state index in [1.54, 1.807) is 13.8 Å². The topological polar surface area (TPSA) is 118 Å². The molecule has 0 saturated carbocycles. The lowest BCUT2D eigenvalue weighted by Gasteiger charge is -2.16. The Bertz CT molecular complexity index is 1180. The molecule has 170 valence electrons. The number of anilines is 1. The van der Waals surface area contributed by atoms with E-state index in [-0.39, 0.29) is 29.6 Å². The first-order valence-electron chi connectivity index (χ1n) is 10.5. The molecule has 3 N–H and O–H groups in total. The highest BCUT2D eigenvalue weighted by molar-refractivity contribution is 7.11. The summed E-state index contributed by atoms with van der Waals surface area (Å²) in [4.78, 5) is 36.1. The Morgan fingerprint density at radius 3 is 2.30 bits per heavy atom. The van der Waals surface area contributed by atoms with Gasteiger partial charge in [0.05, 0.1) is 11.6 Å². The van der Waals surface area contributed by atoms with Crippen LogP contribution in [-0.4, -0.2) is 40.6 Å². The molecule has 3 aromatic rings. The van der Waals surface area contributed by atoms with Gasteiger partial charge in [0.2, 0.25) is 5.91 Å². The largest absolute Gasteiger partial charge is 0.478 e. The molecule has 1 unspecified atom stereocenters. The van der Waals surface area contributed by atoms with E-state index in [4.69, 9.17) is 4.74 Å². The summed E-state index contributed by atoms with van der Waals surface area (Å²) in [5.41, 5.74) is 4.84. The molecule has 1 aliphatic carbocycles. The average Bonchev–Trinajstić information content (AvgIpc) is 3.33. The van der Waals surface area contributed by atoms with Crippen LogP contribution in [0.1, 0.15) is 40.0 Å². The molecule has 1 aromatic heterocycles. The van der Waals surface area contributed by atoms with Gasteiger partial charge in [-0.05, 0) is 40.7 Å². The maximum Gasteiger partial charge on any atom is 0.407 e. The van der Waals surface area contributed by atoms with E-state index in [9.17, 15) is 19.5 Å². The number of amides is 2. The maximum atomic E-state index is 12.4. The number of benzene rings is 2. The van der Waals surface area contributed by atoms with Crippen molar-refractivity contribution in [2.45, 2.75) is 19.8 Å². The highest BCUT2D eigenvalue weighted by Crippen LogP contribution is 2.44. The van der Waals surface area contributed by atoms with Gasteiger partial charge >= 0.3 is 12.1 Å². The van der Waals surface area contributed by atoms with Crippen molar-refractivity contribution in [1.82, 2.24) is 9.69 Å². The number of nitrogens with one attached hydrogen (secondary N) is 2. The lowest BCUT2D eigenvalue weighted by molar-refractivity contribution is -0.119. The zero-order valence-corrected chi connectivity index (χ0v) is 18.9. The van der Waals surface area contributed by atoms with Crippen LogP contribution in [0.15, 0.2) is 48.5 Å². The van der Waals surface area contributed by atoms with Crippen molar-refractivity contribution >= 4 is 34.5 Å². The van der Waals surface area contributed by atoms with Gasteiger partial charge < -0.3 is 20.5 Å². The van der Waals surface area contributed by atoms with Gasteiger partial charge in [-0.1, -0.05) is 55.5 Å². The summed E-state index contributed by atoms with van der Waals surface area (Å²) in [6.45, 7) is 3.43. The van der Waals surface area contributed by atoms with Crippen LogP contribution in [0.25, 0.3) is 11.1 Å². The lowest BCUT2D eigenvalue weighted by atomic mass is 9.98. The third kappa shape index (κ3) is 4.58. The number of carbonyl (C=O) groups excluding carboxylic acids is 2. The maximum absolute atomic E-state index is 12.4. The van der Waals surface area contributed by atoms with Gasteiger partial charge in [0.25, 0.3) is 0 Å². The second kappa shape index (κ2) is 9.41. The van der Waals surface area contributed by atoms with Crippen molar-refractivity contribution < 1.29 is 24.2 Å². The summed E-state index contributed by atoms with van der Waals surface area (Å²) in [6.07, 6.45) is -0.614. The van der Waals surface area contributed by atoms with E-state index in [0.29, 0.717) is 5.69 Å². The van der Waals surface area contributed by atoms with Gasteiger partial charge in [-0.25, -0.2) is 9.59 Å². The molecule has 9 heteroatoms. The number of nitrogens with zero attached hydrogens (tertiary/aromatic N) is 1. The summed E-state index contributed by atoms with van der Waals surface area (Å²) in [6, 6.07) is 16.1. The van der Waals surface area contributed by atoms with Crippen molar-refractivity contribution in [3.8, 4) is 11.1 Å². The van der Waals surface area contributed by atoms with Crippen LogP contribution >= 0.6 is 11.5 Å². The summed E-state index contributed by atoms with van der Waals surface area (Å²) >= 11 is 0.911. The van der Waals surface area contributed by atoms with Crippen LogP contribution in [-0.2, 0) is 9.53 Å². The molecule has 2 aromatic carbocycles. The molecule has 0 radical (unpaired) electrons. The zero-order chi connectivity index (χ0) is 23.5. The smallest absolute Gasteiger partial charge is 0.407 e. The van der Waals surface area contributed by atoms with E-state index in [2.05, 4.69) is 27.1 Å². The molecule has 0 aliphatic heterocycles. The molecule has 1 atom stereocenters. The van der Waals surface area contributed by atoms with E-state index in [1.807, 2.05) is 36.4 Å². The quantitative estimate of drug-likeness (QED) is 0.480. The molecular weight excluding hydrogens is 442 g/mol. The van der Waals surface area contributed by atoms with Gasteiger partial charge in [0.1, 0.15) is 17.2 Å². The molecule has 33 heavy (non-hydrogen) atoms. The van der Waals surface area contributed by atoms with Gasteiger partial charge in [-0.15, -0.1) is 0 Å². The number of aromatic nitrogens is 1. The number of carboxylic acid groups (broad SMARTS) is 1. The molecule has 8 nitrogen and oxygen atoms in total. The van der Waals surface area contributed by atoms with Crippen LogP contribution in [0, 0.1) is 12.8 Å². The molecule has 1 heterocycles. The Morgan fingerprint density at radius 1 is 1.09 bits per heavy atom. The first-order chi connectivity index (χ1) is 15.9. The highest BCUT2D eigenvalue weighted by Gasteiger charge is 2.29. The van der Waals surface area contributed by atoms with E-state index in [1.165, 1.54) is 0 Å². The molecule has 0 fully saturated rings. The number of hydrogen-bond donors (Lipinski definition) is 3. The zero-order valence-electron chi connectivity index (χ0n) is 18.1. The number of aryl methyl sites for hydroxylation is 1. The van der Waals surface area contributed by atoms with E-state index < -0.39 is 23.9 Å². The Balaban J connectivity index is 1.31. The Labute approximate surface area is 194 Å². The molecule has 0 saturated heterocycles. The standard InChI is InChI=1S/C24H23N3O5S/c1-13(21(28)26-22-20(23(29)30)14(2)27-33-22)11-25-24(31)32-12-19-17-9-5-3-7-15(17)16-8-4-6-10-18(16)19/h3-10,13,19H,11-12H2,1-2H3,(H,25,31)(H,26,28)(H,29,30). The van der Waals surface area contributed by atoms with Crippen molar-refractivity contribution in [2.75, 3.05) is 18.5 Å². The summed E-state index contributed by atoms with van der Waals surface area (Å²) in [7, 11) is 0. The van der Waals surface area contributed by atoms with Gasteiger partial charge in [0, 0.05) is 12.5 Å². The first-order valence-corrected chi connectivity index (χ1v) is 11.2. The minimum atomic E-state index is -1.15. The predicted octanol–water partition coefficient (Wildman–Crippen LogP) is 4.26. The number of carbonyl (C=O) groups is 3. The SMILES string of the molecule is Cc1nsc(NC(=O)C(C)CNC(=O)OCC2c3ccccc3-c3ccccc32)c1C(=O)O. The van der Waals surface area contributed by atoms with Crippen LogP contribution in [0.3, 0.4) is 0 Å². The third-order valence-corrected chi connectivity index (χ3v) is 6.51. The van der Waals surface area contributed by atoms with Crippen molar-refractivity contribution in [3.63, 3.8) is 0 Å². The highest BCUT2D eigenvalue weighted by atomic mass is 32.1. The normalized spacial score (nSPS) is 13.0.